The van der Waals surface area contributed by atoms with Gasteiger partial charge in [-0.25, -0.2) is 0 Å². The van der Waals surface area contributed by atoms with Gasteiger partial charge in [0.15, 0.2) is 0 Å². The predicted molar refractivity (Wildman–Crippen MR) is 83.3 cm³/mol. The maximum Gasteiger partial charge on any atom is 0.0469 e. The van der Waals surface area contributed by atoms with Crippen LogP contribution in [0, 0.1) is 12.8 Å². The Bertz CT molecular complexity index is 468. The maximum atomic E-state index is 3.67. The number of hydrogen-bond donors (Lipinski definition) is 0. The first-order valence-electron chi connectivity index (χ1n) is 6.42. The second-order valence-electron chi connectivity index (χ2n) is 5.44. The van der Waals surface area contributed by atoms with E-state index in [-0.39, 0.29) is 0 Å². The molecule has 2 heterocycles. The van der Waals surface area contributed by atoms with Crippen molar-refractivity contribution in [2.24, 2.45) is 5.92 Å². The summed E-state index contributed by atoms with van der Waals surface area (Å²) in [4.78, 5) is 2.47. The SMILES string of the molecule is Cc1ccc(C2CN(C)CC3SC(Br)=CC32)cc1. The topological polar surface area (TPSA) is 3.24 Å². The average molecular weight is 324 g/mol. The Morgan fingerprint density at radius 3 is 2.67 bits per heavy atom. The number of likely N-dealkylation sites (N-methyl/N-ethyl adjacent to an activating group) is 1. The molecule has 0 saturated carbocycles. The zero-order valence-electron chi connectivity index (χ0n) is 10.8. The number of likely N-dealkylation sites (tertiary alicyclic amines) is 1. The molecule has 3 unspecified atom stereocenters. The fourth-order valence-corrected chi connectivity index (χ4v) is 5.34. The third-order valence-corrected chi connectivity index (χ3v) is 5.94. The fraction of sp³-hybridized carbons (Fsp3) is 0.467. The summed E-state index contributed by atoms with van der Waals surface area (Å²) in [6.07, 6.45) is 2.42. The highest BCUT2D eigenvalue weighted by Gasteiger charge is 2.39. The number of piperidine rings is 1. The van der Waals surface area contributed by atoms with Crippen LogP contribution >= 0.6 is 27.7 Å². The first kappa shape index (κ1) is 12.8. The van der Waals surface area contributed by atoms with Crippen LogP contribution in [0.4, 0.5) is 0 Å². The van der Waals surface area contributed by atoms with Crippen LogP contribution in [0.3, 0.4) is 0 Å². The van der Waals surface area contributed by atoms with Gasteiger partial charge in [-0.2, -0.15) is 0 Å². The van der Waals surface area contributed by atoms with Crippen LogP contribution < -0.4 is 0 Å². The van der Waals surface area contributed by atoms with Crippen LogP contribution in [-0.2, 0) is 0 Å². The molecule has 1 aromatic carbocycles. The van der Waals surface area contributed by atoms with E-state index in [9.17, 15) is 0 Å². The Morgan fingerprint density at radius 2 is 1.94 bits per heavy atom. The van der Waals surface area contributed by atoms with E-state index in [2.05, 4.69) is 65.1 Å². The van der Waals surface area contributed by atoms with Crippen LogP contribution in [0.2, 0.25) is 0 Å². The molecule has 1 aromatic rings. The molecule has 3 rings (SSSR count). The van der Waals surface area contributed by atoms with E-state index in [1.807, 2.05) is 11.8 Å². The van der Waals surface area contributed by atoms with Gasteiger partial charge in [-0.3, -0.25) is 0 Å². The van der Waals surface area contributed by atoms with Crippen molar-refractivity contribution in [3.05, 3.63) is 45.3 Å². The van der Waals surface area contributed by atoms with E-state index >= 15 is 0 Å². The number of hydrogen-bond acceptors (Lipinski definition) is 2. The van der Waals surface area contributed by atoms with Gasteiger partial charge in [-0.05, 0) is 35.5 Å². The molecule has 0 aliphatic carbocycles. The van der Waals surface area contributed by atoms with Gasteiger partial charge < -0.3 is 4.90 Å². The molecule has 1 fully saturated rings. The number of halogens is 1. The lowest BCUT2D eigenvalue weighted by Gasteiger charge is -2.38. The van der Waals surface area contributed by atoms with Gasteiger partial charge in [0.25, 0.3) is 0 Å². The van der Waals surface area contributed by atoms with E-state index in [0.717, 1.165) is 0 Å². The molecule has 0 N–H and O–H groups in total. The van der Waals surface area contributed by atoms with Gasteiger partial charge in [0, 0.05) is 34.0 Å². The smallest absolute Gasteiger partial charge is 0.0469 e. The standard InChI is InChI=1S/C15H18BrNS/c1-10-3-5-11(6-4-10)13-8-17(2)9-14-12(13)7-15(16)18-14/h3-7,12-14H,8-9H2,1-2H3. The van der Waals surface area contributed by atoms with E-state index < -0.39 is 0 Å². The van der Waals surface area contributed by atoms with Crippen molar-refractivity contribution in [3.8, 4) is 0 Å². The van der Waals surface area contributed by atoms with Crippen molar-refractivity contribution >= 4 is 27.7 Å². The molecular formula is C15H18BrNS. The number of thioether (sulfide) groups is 1. The normalized spacial score (nSPS) is 32.2. The monoisotopic (exact) mass is 323 g/mol. The Balaban J connectivity index is 1.91. The van der Waals surface area contributed by atoms with Gasteiger partial charge in [-0.1, -0.05) is 35.9 Å². The number of aryl methyl sites for hydroxylation is 1. The van der Waals surface area contributed by atoms with Crippen LogP contribution in [0.15, 0.2) is 34.2 Å². The summed E-state index contributed by atoms with van der Waals surface area (Å²) in [6, 6.07) is 9.08. The van der Waals surface area contributed by atoms with Gasteiger partial charge >= 0.3 is 0 Å². The van der Waals surface area contributed by atoms with E-state index in [1.165, 1.54) is 28.0 Å². The van der Waals surface area contributed by atoms with Crippen molar-refractivity contribution in [2.45, 2.75) is 18.1 Å². The first-order valence-corrected chi connectivity index (χ1v) is 8.10. The summed E-state index contributed by atoms with van der Waals surface area (Å²) in [5.41, 5.74) is 2.83. The summed E-state index contributed by atoms with van der Waals surface area (Å²) in [6.45, 7) is 4.52. The Morgan fingerprint density at radius 1 is 1.22 bits per heavy atom. The molecule has 18 heavy (non-hydrogen) atoms. The molecule has 96 valence electrons. The number of nitrogens with zero attached hydrogens (tertiary/aromatic N) is 1. The number of fused-ring (bicyclic) bond motifs is 1. The van der Waals surface area contributed by atoms with E-state index in [4.69, 9.17) is 0 Å². The van der Waals surface area contributed by atoms with Gasteiger partial charge in [-0.15, -0.1) is 11.8 Å². The van der Waals surface area contributed by atoms with Gasteiger partial charge in [0.1, 0.15) is 0 Å². The first-order chi connectivity index (χ1) is 8.63. The molecule has 0 spiro atoms. The number of allylic oxidation sites excluding steroid dienone is 1. The molecule has 0 amide bonds. The quantitative estimate of drug-likeness (QED) is 0.768. The molecule has 0 aromatic heterocycles. The van der Waals surface area contributed by atoms with Crippen LogP contribution in [0.25, 0.3) is 0 Å². The molecule has 0 radical (unpaired) electrons. The molecule has 1 saturated heterocycles. The zero-order chi connectivity index (χ0) is 12.7. The fourth-order valence-electron chi connectivity index (χ4n) is 3.04. The highest BCUT2D eigenvalue weighted by Crippen LogP contribution is 2.48. The lowest BCUT2D eigenvalue weighted by molar-refractivity contribution is 0.224. The maximum absolute atomic E-state index is 3.67. The lowest BCUT2D eigenvalue weighted by atomic mass is 9.80. The molecule has 2 aliphatic rings. The van der Waals surface area contributed by atoms with Crippen molar-refractivity contribution in [2.75, 3.05) is 20.1 Å². The zero-order valence-corrected chi connectivity index (χ0v) is 13.2. The van der Waals surface area contributed by atoms with Crippen molar-refractivity contribution in [1.29, 1.82) is 0 Å². The molecule has 1 nitrogen and oxygen atoms in total. The molecule has 3 atom stereocenters. The summed E-state index contributed by atoms with van der Waals surface area (Å²) in [7, 11) is 2.24. The molecule has 3 heteroatoms. The van der Waals surface area contributed by atoms with Crippen LogP contribution in [0.5, 0.6) is 0 Å². The molecule has 0 bridgehead atoms. The van der Waals surface area contributed by atoms with E-state index in [1.54, 1.807) is 0 Å². The van der Waals surface area contributed by atoms with Crippen molar-refractivity contribution in [1.82, 2.24) is 4.90 Å². The Labute approximate surface area is 122 Å². The molecular weight excluding hydrogens is 306 g/mol. The number of rotatable bonds is 1. The average Bonchev–Trinajstić information content (AvgIpc) is 2.69. The number of benzene rings is 1. The highest BCUT2D eigenvalue weighted by molar-refractivity contribution is 9.14. The second kappa shape index (κ2) is 5.03. The van der Waals surface area contributed by atoms with Gasteiger partial charge in [0.2, 0.25) is 0 Å². The lowest BCUT2D eigenvalue weighted by Crippen LogP contribution is -2.43. The van der Waals surface area contributed by atoms with Crippen LogP contribution in [0.1, 0.15) is 17.0 Å². The third kappa shape index (κ3) is 2.40. The van der Waals surface area contributed by atoms with E-state index in [0.29, 0.717) is 17.1 Å². The third-order valence-electron chi connectivity index (χ3n) is 3.99. The minimum absolute atomic E-state index is 0.636. The summed E-state index contributed by atoms with van der Waals surface area (Å²) < 4.78 is 1.32. The largest absolute Gasteiger partial charge is 0.305 e. The molecule has 2 aliphatic heterocycles. The van der Waals surface area contributed by atoms with Crippen molar-refractivity contribution in [3.63, 3.8) is 0 Å². The summed E-state index contributed by atoms with van der Waals surface area (Å²) in [5, 5.41) is 0.712. The predicted octanol–water partition coefficient (Wildman–Crippen LogP) is 3.99. The van der Waals surface area contributed by atoms with Gasteiger partial charge in [0.05, 0.1) is 0 Å². The highest BCUT2D eigenvalue weighted by atomic mass is 79.9. The minimum Gasteiger partial charge on any atom is -0.305 e. The summed E-state index contributed by atoms with van der Waals surface area (Å²) in [5.74, 6) is 1.32. The summed E-state index contributed by atoms with van der Waals surface area (Å²) >= 11 is 5.66. The Kier molecular flexibility index (Phi) is 3.57. The van der Waals surface area contributed by atoms with Crippen LogP contribution in [-0.4, -0.2) is 30.3 Å². The second-order valence-corrected chi connectivity index (χ2v) is 8.10. The Hall–Kier alpha value is -0.250. The van der Waals surface area contributed by atoms with Crippen molar-refractivity contribution < 1.29 is 0 Å². The minimum atomic E-state index is 0.636.